The number of benzene rings is 1. The molecule has 3 aromatic rings. The monoisotopic (exact) mass is 282 g/mol. The Morgan fingerprint density at radius 3 is 2.76 bits per heavy atom. The van der Waals surface area contributed by atoms with Crippen LogP contribution in [0.25, 0.3) is 5.52 Å². The summed E-state index contributed by atoms with van der Waals surface area (Å²) in [6, 6.07) is 8.19. The van der Waals surface area contributed by atoms with Crippen molar-refractivity contribution in [3.8, 4) is 5.75 Å². The third-order valence-electron chi connectivity index (χ3n) is 3.52. The third-order valence-corrected chi connectivity index (χ3v) is 3.52. The maximum absolute atomic E-state index is 5.22. The third kappa shape index (κ3) is 2.60. The average Bonchev–Trinajstić information content (AvgIpc) is 2.97. The van der Waals surface area contributed by atoms with Crippen LogP contribution in [0.1, 0.15) is 24.1 Å². The number of fused-ring (bicyclic) bond motifs is 1. The number of hydrogen-bond acceptors (Lipinski definition) is 4. The van der Waals surface area contributed by atoms with Crippen LogP contribution in [0.3, 0.4) is 0 Å². The summed E-state index contributed by atoms with van der Waals surface area (Å²) in [6.45, 7) is 2.97. The summed E-state index contributed by atoms with van der Waals surface area (Å²) in [5.41, 5.74) is 3.31. The van der Waals surface area contributed by atoms with Crippen LogP contribution in [-0.2, 0) is 0 Å². The van der Waals surface area contributed by atoms with Gasteiger partial charge in [0.15, 0.2) is 0 Å². The molecule has 2 aromatic heterocycles. The summed E-state index contributed by atoms with van der Waals surface area (Å²) in [5, 5.41) is 7.90. The molecule has 5 nitrogen and oxygen atoms in total. The first-order valence-electron chi connectivity index (χ1n) is 6.98. The largest absolute Gasteiger partial charge is 0.497 e. The zero-order chi connectivity index (χ0) is 14.7. The van der Waals surface area contributed by atoms with Crippen molar-refractivity contribution in [2.24, 2.45) is 0 Å². The van der Waals surface area contributed by atoms with Crippen LogP contribution in [-0.4, -0.2) is 28.3 Å². The standard InChI is InChI=1S/C16H18N4O/c1-3-18-16(12-4-6-13(21-2)7-5-12)14-10-19-20-9-8-17-11-15(14)20/h4-11,16,18H,3H2,1-2H3. The molecule has 0 aliphatic heterocycles. The number of nitrogens with zero attached hydrogens (tertiary/aromatic N) is 3. The number of hydrogen-bond donors (Lipinski definition) is 1. The summed E-state index contributed by atoms with van der Waals surface area (Å²) in [6.07, 6.45) is 7.33. The minimum atomic E-state index is 0.0857. The number of rotatable bonds is 5. The van der Waals surface area contributed by atoms with E-state index in [1.165, 1.54) is 5.56 Å². The van der Waals surface area contributed by atoms with Crippen molar-refractivity contribution in [3.05, 3.63) is 60.2 Å². The van der Waals surface area contributed by atoms with Crippen LogP contribution < -0.4 is 10.1 Å². The lowest BCUT2D eigenvalue weighted by molar-refractivity contribution is 0.414. The lowest BCUT2D eigenvalue weighted by Crippen LogP contribution is -2.21. The van der Waals surface area contributed by atoms with Gasteiger partial charge in [0.1, 0.15) is 5.75 Å². The number of aromatic nitrogens is 3. The van der Waals surface area contributed by atoms with Crippen molar-refractivity contribution in [2.75, 3.05) is 13.7 Å². The first-order valence-corrected chi connectivity index (χ1v) is 6.98. The number of methoxy groups -OCH3 is 1. The van der Waals surface area contributed by atoms with E-state index in [1.807, 2.05) is 35.2 Å². The minimum absolute atomic E-state index is 0.0857. The van der Waals surface area contributed by atoms with E-state index in [1.54, 1.807) is 13.3 Å². The molecular weight excluding hydrogens is 264 g/mol. The normalized spacial score (nSPS) is 12.5. The summed E-state index contributed by atoms with van der Waals surface area (Å²) >= 11 is 0. The molecule has 0 aliphatic carbocycles. The zero-order valence-corrected chi connectivity index (χ0v) is 12.2. The van der Waals surface area contributed by atoms with Gasteiger partial charge >= 0.3 is 0 Å². The Kier molecular flexibility index (Phi) is 3.83. The Hall–Kier alpha value is -2.40. The van der Waals surface area contributed by atoms with E-state index in [0.717, 1.165) is 23.4 Å². The molecule has 0 spiro atoms. The van der Waals surface area contributed by atoms with Crippen LogP contribution >= 0.6 is 0 Å². The van der Waals surface area contributed by atoms with Gasteiger partial charge in [0.25, 0.3) is 0 Å². The van der Waals surface area contributed by atoms with Crippen LogP contribution in [0.15, 0.2) is 49.1 Å². The highest BCUT2D eigenvalue weighted by Crippen LogP contribution is 2.26. The van der Waals surface area contributed by atoms with Gasteiger partial charge in [-0.2, -0.15) is 5.10 Å². The van der Waals surface area contributed by atoms with Gasteiger partial charge in [-0.1, -0.05) is 19.1 Å². The Morgan fingerprint density at radius 2 is 2.05 bits per heavy atom. The molecule has 0 aliphatic rings. The summed E-state index contributed by atoms with van der Waals surface area (Å²) in [4.78, 5) is 4.20. The zero-order valence-electron chi connectivity index (χ0n) is 12.2. The Labute approximate surface area is 123 Å². The SMILES string of the molecule is CCNC(c1ccc(OC)cc1)c1cnn2ccncc12. The van der Waals surface area contributed by atoms with E-state index < -0.39 is 0 Å². The molecule has 5 heteroatoms. The quantitative estimate of drug-likeness (QED) is 0.781. The van der Waals surface area contributed by atoms with Gasteiger partial charge in [0, 0.05) is 18.0 Å². The molecule has 21 heavy (non-hydrogen) atoms. The first kappa shape index (κ1) is 13.6. The maximum atomic E-state index is 5.22. The van der Waals surface area contributed by atoms with Crippen molar-refractivity contribution >= 4 is 5.52 Å². The molecule has 1 N–H and O–H groups in total. The molecular formula is C16H18N4O. The summed E-state index contributed by atoms with van der Waals surface area (Å²) in [5.74, 6) is 0.857. The highest BCUT2D eigenvalue weighted by molar-refractivity contribution is 5.55. The molecule has 0 saturated carbocycles. The highest BCUT2D eigenvalue weighted by atomic mass is 16.5. The fourth-order valence-corrected chi connectivity index (χ4v) is 2.48. The molecule has 108 valence electrons. The first-order chi connectivity index (χ1) is 10.3. The second-order valence-electron chi connectivity index (χ2n) is 4.77. The van der Waals surface area contributed by atoms with E-state index in [-0.39, 0.29) is 6.04 Å². The lowest BCUT2D eigenvalue weighted by Gasteiger charge is -2.18. The van der Waals surface area contributed by atoms with E-state index in [4.69, 9.17) is 4.74 Å². The van der Waals surface area contributed by atoms with Gasteiger partial charge in [0.05, 0.1) is 31.1 Å². The molecule has 1 aromatic carbocycles. The number of nitrogens with one attached hydrogen (secondary N) is 1. The molecule has 3 rings (SSSR count). The van der Waals surface area contributed by atoms with Crippen LogP contribution in [0.5, 0.6) is 5.75 Å². The van der Waals surface area contributed by atoms with E-state index in [2.05, 4.69) is 34.5 Å². The summed E-state index contributed by atoms with van der Waals surface area (Å²) < 4.78 is 7.07. The predicted molar refractivity (Wildman–Crippen MR) is 81.5 cm³/mol. The average molecular weight is 282 g/mol. The highest BCUT2D eigenvalue weighted by Gasteiger charge is 2.17. The van der Waals surface area contributed by atoms with Crippen molar-refractivity contribution in [1.82, 2.24) is 19.9 Å². The summed E-state index contributed by atoms with van der Waals surface area (Å²) in [7, 11) is 1.67. The Morgan fingerprint density at radius 1 is 1.24 bits per heavy atom. The second-order valence-corrected chi connectivity index (χ2v) is 4.77. The van der Waals surface area contributed by atoms with E-state index in [9.17, 15) is 0 Å². The Balaban J connectivity index is 2.04. The maximum Gasteiger partial charge on any atom is 0.118 e. The molecule has 1 unspecified atom stereocenters. The minimum Gasteiger partial charge on any atom is -0.497 e. The van der Waals surface area contributed by atoms with Gasteiger partial charge in [0.2, 0.25) is 0 Å². The van der Waals surface area contributed by atoms with Crippen LogP contribution in [0, 0.1) is 0 Å². The molecule has 0 fully saturated rings. The fourth-order valence-electron chi connectivity index (χ4n) is 2.48. The topological polar surface area (TPSA) is 51.5 Å². The predicted octanol–water partition coefficient (Wildman–Crippen LogP) is 2.44. The van der Waals surface area contributed by atoms with Gasteiger partial charge in [-0.25, -0.2) is 4.52 Å². The Bertz CT molecular complexity index is 720. The van der Waals surface area contributed by atoms with Gasteiger partial charge < -0.3 is 10.1 Å². The lowest BCUT2D eigenvalue weighted by atomic mass is 10.00. The molecule has 0 amide bonds. The fraction of sp³-hybridized carbons (Fsp3) is 0.250. The molecule has 0 saturated heterocycles. The number of ether oxygens (including phenoxy) is 1. The van der Waals surface area contributed by atoms with Gasteiger partial charge in [-0.15, -0.1) is 0 Å². The van der Waals surface area contributed by atoms with Gasteiger partial charge in [-0.05, 0) is 24.2 Å². The van der Waals surface area contributed by atoms with Crippen LogP contribution in [0.2, 0.25) is 0 Å². The van der Waals surface area contributed by atoms with E-state index in [0.29, 0.717) is 0 Å². The second kappa shape index (κ2) is 5.93. The molecule has 0 radical (unpaired) electrons. The van der Waals surface area contributed by atoms with E-state index >= 15 is 0 Å². The smallest absolute Gasteiger partial charge is 0.118 e. The van der Waals surface area contributed by atoms with Gasteiger partial charge in [-0.3, -0.25) is 4.98 Å². The molecule has 0 bridgehead atoms. The van der Waals surface area contributed by atoms with Crippen LogP contribution in [0.4, 0.5) is 0 Å². The van der Waals surface area contributed by atoms with Crippen molar-refractivity contribution in [1.29, 1.82) is 0 Å². The van der Waals surface area contributed by atoms with Crippen molar-refractivity contribution < 1.29 is 4.74 Å². The van der Waals surface area contributed by atoms with Crippen molar-refractivity contribution in [3.63, 3.8) is 0 Å². The molecule has 2 heterocycles. The van der Waals surface area contributed by atoms with Crippen molar-refractivity contribution in [2.45, 2.75) is 13.0 Å². The molecule has 1 atom stereocenters.